The van der Waals surface area contributed by atoms with Crippen LogP contribution >= 0.6 is 0 Å². The van der Waals surface area contributed by atoms with Gasteiger partial charge in [-0.3, -0.25) is 14.5 Å². The van der Waals surface area contributed by atoms with E-state index in [-0.39, 0.29) is 24.3 Å². The second-order valence-electron chi connectivity index (χ2n) is 7.43. The highest BCUT2D eigenvalue weighted by Gasteiger charge is 2.52. The Morgan fingerprint density at radius 2 is 1.92 bits per heavy atom. The van der Waals surface area contributed by atoms with Crippen molar-refractivity contribution in [2.75, 3.05) is 6.54 Å². The second kappa shape index (κ2) is 7.05. The summed E-state index contributed by atoms with van der Waals surface area (Å²) < 4.78 is 13.0. The van der Waals surface area contributed by atoms with Crippen LogP contribution in [0.25, 0.3) is 0 Å². The smallest absolute Gasteiger partial charge is 0.325 e. The normalized spacial score (nSPS) is 26.7. The molecule has 1 aliphatic heterocycles. The molecule has 2 fully saturated rings. The Kier molecular flexibility index (Phi) is 4.98. The summed E-state index contributed by atoms with van der Waals surface area (Å²) in [5, 5.41) is 5.55. The molecule has 3 rings (SSSR count). The monoisotopic (exact) mass is 361 g/mol. The number of hydrogen-bond donors (Lipinski definition) is 2. The molecule has 0 bridgehead atoms. The van der Waals surface area contributed by atoms with Crippen molar-refractivity contribution in [3.05, 3.63) is 35.6 Å². The average Bonchev–Trinajstić information content (AvgIpc) is 2.82. The topological polar surface area (TPSA) is 78.5 Å². The standard InChI is InChI=1S/C19H24FN3O3/c1-12-7-9-19(10-8-12)17(25)23(18(26)22-19)11-16(24)21-13(2)14-3-5-15(20)6-4-14/h3-6,12-13H,7-11H2,1-2H3,(H,21,24)(H,22,26)/t12?,13-,19?/m1/s1. The molecule has 0 unspecified atom stereocenters. The van der Waals surface area contributed by atoms with Crippen LogP contribution in [0.2, 0.25) is 0 Å². The van der Waals surface area contributed by atoms with E-state index in [0.717, 1.165) is 23.3 Å². The number of carbonyl (C=O) groups excluding carboxylic acids is 3. The van der Waals surface area contributed by atoms with E-state index in [1.54, 1.807) is 19.1 Å². The maximum Gasteiger partial charge on any atom is 0.325 e. The number of nitrogens with one attached hydrogen (secondary N) is 2. The van der Waals surface area contributed by atoms with Crippen LogP contribution in [0.3, 0.4) is 0 Å². The molecule has 140 valence electrons. The number of rotatable bonds is 4. The Morgan fingerprint density at radius 3 is 2.54 bits per heavy atom. The molecule has 0 radical (unpaired) electrons. The minimum Gasteiger partial charge on any atom is -0.348 e. The van der Waals surface area contributed by atoms with Gasteiger partial charge in [-0.1, -0.05) is 19.1 Å². The molecule has 1 aliphatic carbocycles. The molecule has 1 aromatic rings. The molecular formula is C19H24FN3O3. The van der Waals surface area contributed by atoms with Crippen molar-refractivity contribution < 1.29 is 18.8 Å². The number of amides is 4. The van der Waals surface area contributed by atoms with E-state index in [0.29, 0.717) is 18.8 Å². The van der Waals surface area contributed by atoms with Crippen LogP contribution in [0.15, 0.2) is 24.3 Å². The minimum atomic E-state index is -0.841. The Morgan fingerprint density at radius 1 is 1.31 bits per heavy atom. The zero-order valence-electron chi connectivity index (χ0n) is 15.0. The van der Waals surface area contributed by atoms with Gasteiger partial charge in [-0.05, 0) is 56.2 Å². The highest BCUT2D eigenvalue weighted by molar-refractivity contribution is 6.09. The Bertz CT molecular complexity index is 711. The van der Waals surface area contributed by atoms with E-state index >= 15 is 0 Å². The Hall–Kier alpha value is -2.44. The van der Waals surface area contributed by atoms with Crippen molar-refractivity contribution in [1.82, 2.24) is 15.5 Å². The summed E-state index contributed by atoms with van der Waals surface area (Å²) in [7, 11) is 0. The molecule has 1 spiro atoms. The fourth-order valence-electron chi connectivity index (χ4n) is 3.68. The summed E-state index contributed by atoms with van der Waals surface area (Å²) >= 11 is 0. The molecule has 1 heterocycles. The summed E-state index contributed by atoms with van der Waals surface area (Å²) in [6, 6.07) is 4.97. The first kappa shape index (κ1) is 18.4. The van der Waals surface area contributed by atoms with E-state index in [9.17, 15) is 18.8 Å². The molecule has 1 atom stereocenters. The van der Waals surface area contributed by atoms with Crippen molar-refractivity contribution in [3.8, 4) is 0 Å². The number of benzene rings is 1. The van der Waals surface area contributed by atoms with Gasteiger partial charge >= 0.3 is 6.03 Å². The second-order valence-corrected chi connectivity index (χ2v) is 7.43. The lowest BCUT2D eigenvalue weighted by molar-refractivity contribution is -0.136. The van der Waals surface area contributed by atoms with Crippen LogP contribution in [0.1, 0.15) is 51.1 Å². The lowest BCUT2D eigenvalue weighted by Gasteiger charge is -2.33. The van der Waals surface area contributed by atoms with Crippen LogP contribution in [0, 0.1) is 11.7 Å². The lowest BCUT2D eigenvalue weighted by Crippen LogP contribution is -2.50. The Balaban J connectivity index is 1.61. The highest BCUT2D eigenvalue weighted by Crippen LogP contribution is 2.36. The molecule has 0 aromatic heterocycles. The fourth-order valence-corrected chi connectivity index (χ4v) is 3.68. The SMILES string of the molecule is CC1CCC2(CC1)NC(=O)N(CC(=O)N[C@H](C)c1ccc(F)cc1)C2=O. The number of urea groups is 1. The third kappa shape index (κ3) is 3.57. The van der Waals surface area contributed by atoms with Gasteiger partial charge in [-0.15, -0.1) is 0 Å². The maximum absolute atomic E-state index is 13.0. The first-order valence-corrected chi connectivity index (χ1v) is 9.00. The quantitative estimate of drug-likeness (QED) is 0.809. The third-order valence-electron chi connectivity index (χ3n) is 5.42. The molecule has 7 heteroatoms. The van der Waals surface area contributed by atoms with Crippen molar-refractivity contribution in [3.63, 3.8) is 0 Å². The van der Waals surface area contributed by atoms with E-state index in [1.165, 1.54) is 12.1 Å². The van der Waals surface area contributed by atoms with Crippen molar-refractivity contribution in [2.24, 2.45) is 5.92 Å². The largest absolute Gasteiger partial charge is 0.348 e. The fraction of sp³-hybridized carbons (Fsp3) is 0.526. The zero-order chi connectivity index (χ0) is 18.9. The third-order valence-corrected chi connectivity index (χ3v) is 5.42. The number of imide groups is 1. The van der Waals surface area contributed by atoms with Gasteiger partial charge in [0.15, 0.2) is 0 Å². The molecule has 26 heavy (non-hydrogen) atoms. The van der Waals surface area contributed by atoms with E-state index in [4.69, 9.17) is 0 Å². The predicted octanol–water partition coefficient (Wildman–Crippen LogP) is 2.50. The van der Waals surface area contributed by atoms with Crippen molar-refractivity contribution in [2.45, 2.75) is 51.1 Å². The van der Waals surface area contributed by atoms with E-state index in [1.807, 2.05) is 0 Å². The average molecular weight is 361 g/mol. The van der Waals surface area contributed by atoms with Crippen LogP contribution in [-0.4, -0.2) is 34.8 Å². The molecule has 1 saturated heterocycles. The first-order chi connectivity index (χ1) is 12.3. The van der Waals surface area contributed by atoms with Gasteiger partial charge in [0.1, 0.15) is 17.9 Å². The molecule has 2 aliphatic rings. The number of carbonyl (C=O) groups is 3. The van der Waals surface area contributed by atoms with Crippen LogP contribution < -0.4 is 10.6 Å². The molecule has 1 saturated carbocycles. The van der Waals surface area contributed by atoms with Gasteiger partial charge < -0.3 is 10.6 Å². The number of halogens is 1. The number of nitrogens with zero attached hydrogens (tertiary/aromatic N) is 1. The van der Waals surface area contributed by atoms with E-state index in [2.05, 4.69) is 17.6 Å². The van der Waals surface area contributed by atoms with Gasteiger partial charge in [-0.25, -0.2) is 9.18 Å². The molecule has 4 amide bonds. The van der Waals surface area contributed by atoms with E-state index < -0.39 is 17.5 Å². The summed E-state index contributed by atoms with van der Waals surface area (Å²) in [6.07, 6.45) is 2.99. The van der Waals surface area contributed by atoms with Gasteiger partial charge in [-0.2, -0.15) is 0 Å². The van der Waals surface area contributed by atoms with Crippen LogP contribution in [0.5, 0.6) is 0 Å². The zero-order valence-corrected chi connectivity index (χ0v) is 15.0. The summed E-state index contributed by atoms with van der Waals surface area (Å²) in [6.45, 7) is 3.59. The van der Waals surface area contributed by atoms with Crippen molar-refractivity contribution >= 4 is 17.8 Å². The van der Waals surface area contributed by atoms with Crippen molar-refractivity contribution in [1.29, 1.82) is 0 Å². The minimum absolute atomic E-state index is 0.306. The Labute approximate surface area is 152 Å². The molecular weight excluding hydrogens is 337 g/mol. The lowest BCUT2D eigenvalue weighted by atomic mass is 9.77. The van der Waals surface area contributed by atoms with Crippen LogP contribution in [0.4, 0.5) is 9.18 Å². The summed E-state index contributed by atoms with van der Waals surface area (Å²) in [4.78, 5) is 38.3. The summed E-state index contributed by atoms with van der Waals surface area (Å²) in [5.41, 5.74) is -0.0957. The van der Waals surface area contributed by atoms with Gasteiger partial charge in [0.25, 0.3) is 5.91 Å². The molecule has 1 aromatic carbocycles. The van der Waals surface area contributed by atoms with Gasteiger partial charge in [0.05, 0.1) is 6.04 Å². The maximum atomic E-state index is 13.0. The van der Waals surface area contributed by atoms with Gasteiger partial charge in [0, 0.05) is 0 Å². The van der Waals surface area contributed by atoms with Gasteiger partial charge in [0.2, 0.25) is 5.91 Å². The summed E-state index contributed by atoms with van der Waals surface area (Å²) in [5.74, 6) is -0.538. The number of hydrogen-bond acceptors (Lipinski definition) is 3. The van der Waals surface area contributed by atoms with Crippen LogP contribution in [-0.2, 0) is 9.59 Å². The predicted molar refractivity (Wildman–Crippen MR) is 93.6 cm³/mol. The molecule has 6 nitrogen and oxygen atoms in total. The highest BCUT2D eigenvalue weighted by atomic mass is 19.1. The first-order valence-electron chi connectivity index (χ1n) is 9.00. The molecule has 2 N–H and O–H groups in total.